The van der Waals surface area contributed by atoms with Crippen LogP contribution in [0.25, 0.3) is 10.7 Å². The van der Waals surface area contributed by atoms with Crippen molar-refractivity contribution >= 4 is 17.2 Å². The van der Waals surface area contributed by atoms with Crippen LogP contribution in [0.5, 0.6) is 0 Å². The Labute approximate surface area is 123 Å². The lowest BCUT2D eigenvalue weighted by atomic mass is 10.0. The quantitative estimate of drug-likeness (QED) is 0.938. The number of hydrogen-bond donors (Lipinski definition) is 1. The summed E-state index contributed by atoms with van der Waals surface area (Å²) >= 11 is 1.39. The molecule has 0 aliphatic carbocycles. The molecule has 1 amide bonds. The highest BCUT2D eigenvalue weighted by atomic mass is 32.1. The van der Waals surface area contributed by atoms with Crippen molar-refractivity contribution in [3.05, 3.63) is 35.0 Å². The molecule has 0 saturated carbocycles. The molecule has 0 radical (unpaired) electrons. The number of carbonyl (C=O) groups excluding carboxylic acids is 1. The number of nitrogens with one attached hydrogen (secondary N) is 1. The number of nitrogens with zero attached hydrogens (tertiary/aromatic N) is 2. The first-order chi connectivity index (χ1) is 9.43. The number of aryl methyl sites for hydroxylation is 1. The fraction of sp³-hybridized carbons (Fsp3) is 0.400. The fourth-order valence-corrected chi connectivity index (χ4v) is 2.60. The Hall–Kier alpha value is -1.75. The summed E-state index contributed by atoms with van der Waals surface area (Å²) in [6.45, 7) is 7.94. The van der Waals surface area contributed by atoms with Crippen LogP contribution < -0.4 is 5.32 Å². The van der Waals surface area contributed by atoms with E-state index in [0.717, 1.165) is 22.8 Å². The Kier molecular flexibility index (Phi) is 4.18. The minimum Gasteiger partial charge on any atom is -0.346 e. The fourth-order valence-electron chi connectivity index (χ4n) is 1.66. The van der Waals surface area contributed by atoms with Gasteiger partial charge in [0.1, 0.15) is 9.88 Å². The molecule has 0 unspecified atom stereocenters. The Bertz CT molecular complexity index is 605. The molecule has 2 aromatic heterocycles. The van der Waals surface area contributed by atoms with E-state index in [1.54, 1.807) is 6.20 Å². The standard InChI is InChI=1S/C15H19N3OS/c1-5-15(3,4)18-13(19)12-10(2)17-14(20-12)11-8-6-7-9-16-11/h6-9H,5H2,1-4H3,(H,18,19). The van der Waals surface area contributed by atoms with E-state index in [-0.39, 0.29) is 11.4 Å². The van der Waals surface area contributed by atoms with Crippen LogP contribution in [0.3, 0.4) is 0 Å². The van der Waals surface area contributed by atoms with Crippen molar-refractivity contribution in [1.29, 1.82) is 0 Å². The maximum absolute atomic E-state index is 12.3. The van der Waals surface area contributed by atoms with Gasteiger partial charge in [0.25, 0.3) is 5.91 Å². The van der Waals surface area contributed by atoms with E-state index in [1.165, 1.54) is 11.3 Å². The van der Waals surface area contributed by atoms with Crippen molar-refractivity contribution in [2.24, 2.45) is 0 Å². The molecule has 0 aliphatic heterocycles. The van der Waals surface area contributed by atoms with Gasteiger partial charge in [0.2, 0.25) is 0 Å². The van der Waals surface area contributed by atoms with Gasteiger partial charge in [-0.1, -0.05) is 13.0 Å². The van der Waals surface area contributed by atoms with Crippen molar-refractivity contribution < 1.29 is 4.79 Å². The highest BCUT2D eigenvalue weighted by Gasteiger charge is 2.22. The smallest absolute Gasteiger partial charge is 0.263 e. The van der Waals surface area contributed by atoms with E-state index in [0.29, 0.717) is 4.88 Å². The highest BCUT2D eigenvalue weighted by molar-refractivity contribution is 7.17. The molecule has 0 atom stereocenters. The summed E-state index contributed by atoms with van der Waals surface area (Å²) < 4.78 is 0. The molecular formula is C15H19N3OS. The zero-order valence-electron chi connectivity index (χ0n) is 12.2. The third-order valence-corrected chi connectivity index (χ3v) is 4.40. The number of amides is 1. The predicted molar refractivity (Wildman–Crippen MR) is 81.9 cm³/mol. The van der Waals surface area contributed by atoms with Crippen LogP contribution in [0, 0.1) is 6.92 Å². The average molecular weight is 289 g/mol. The van der Waals surface area contributed by atoms with Gasteiger partial charge in [-0.15, -0.1) is 11.3 Å². The number of pyridine rings is 1. The van der Waals surface area contributed by atoms with Crippen molar-refractivity contribution in [2.75, 3.05) is 0 Å². The maximum Gasteiger partial charge on any atom is 0.263 e. The molecule has 20 heavy (non-hydrogen) atoms. The molecule has 2 rings (SSSR count). The van der Waals surface area contributed by atoms with Crippen LogP contribution in [-0.4, -0.2) is 21.4 Å². The van der Waals surface area contributed by atoms with Gasteiger partial charge >= 0.3 is 0 Å². The predicted octanol–water partition coefficient (Wildman–Crippen LogP) is 3.43. The van der Waals surface area contributed by atoms with Gasteiger partial charge in [-0.2, -0.15) is 0 Å². The molecule has 106 valence electrons. The molecule has 0 bridgehead atoms. The molecule has 0 fully saturated rings. The summed E-state index contributed by atoms with van der Waals surface area (Å²) in [4.78, 5) is 21.7. The molecule has 1 N–H and O–H groups in total. The van der Waals surface area contributed by atoms with Crippen LogP contribution in [0.2, 0.25) is 0 Å². The van der Waals surface area contributed by atoms with E-state index in [9.17, 15) is 4.79 Å². The Morgan fingerprint density at radius 3 is 2.75 bits per heavy atom. The largest absolute Gasteiger partial charge is 0.346 e. The summed E-state index contributed by atoms with van der Waals surface area (Å²) in [7, 11) is 0. The van der Waals surface area contributed by atoms with Crippen molar-refractivity contribution in [3.63, 3.8) is 0 Å². The molecule has 0 aliphatic rings. The molecular weight excluding hydrogens is 270 g/mol. The maximum atomic E-state index is 12.3. The molecule has 0 saturated heterocycles. The molecule has 0 aromatic carbocycles. The van der Waals surface area contributed by atoms with Crippen molar-refractivity contribution in [2.45, 2.75) is 39.7 Å². The zero-order valence-corrected chi connectivity index (χ0v) is 13.0. The topological polar surface area (TPSA) is 54.9 Å². The summed E-state index contributed by atoms with van der Waals surface area (Å²) in [6, 6.07) is 5.68. The van der Waals surface area contributed by atoms with Crippen LogP contribution in [-0.2, 0) is 0 Å². The number of thiazole rings is 1. The van der Waals surface area contributed by atoms with Crippen molar-refractivity contribution in [1.82, 2.24) is 15.3 Å². The van der Waals surface area contributed by atoms with Gasteiger partial charge in [-0.25, -0.2) is 4.98 Å². The molecule has 4 nitrogen and oxygen atoms in total. The molecule has 2 heterocycles. The monoisotopic (exact) mass is 289 g/mol. The zero-order chi connectivity index (χ0) is 14.8. The van der Waals surface area contributed by atoms with Gasteiger partial charge in [0, 0.05) is 11.7 Å². The van der Waals surface area contributed by atoms with Gasteiger partial charge in [-0.05, 0) is 39.3 Å². The lowest BCUT2D eigenvalue weighted by molar-refractivity contribution is 0.0914. The first-order valence-corrected chi connectivity index (χ1v) is 7.46. The van der Waals surface area contributed by atoms with Gasteiger partial charge in [0.15, 0.2) is 0 Å². The second-order valence-corrected chi connectivity index (χ2v) is 6.34. The van der Waals surface area contributed by atoms with Gasteiger partial charge in [0.05, 0.1) is 11.4 Å². The van der Waals surface area contributed by atoms with Crippen LogP contribution >= 0.6 is 11.3 Å². The molecule has 5 heteroatoms. The summed E-state index contributed by atoms with van der Waals surface area (Å²) in [5.74, 6) is -0.0611. The second-order valence-electron chi connectivity index (χ2n) is 5.34. The third-order valence-electron chi connectivity index (χ3n) is 3.22. The lowest BCUT2D eigenvalue weighted by Gasteiger charge is -2.24. The van der Waals surface area contributed by atoms with E-state index >= 15 is 0 Å². The first kappa shape index (κ1) is 14.7. The number of rotatable bonds is 4. The number of carbonyl (C=O) groups is 1. The summed E-state index contributed by atoms with van der Waals surface area (Å²) in [5.41, 5.74) is 1.34. The van der Waals surface area contributed by atoms with Crippen LogP contribution in [0.15, 0.2) is 24.4 Å². The first-order valence-electron chi connectivity index (χ1n) is 6.64. The van der Waals surface area contributed by atoms with Gasteiger partial charge in [-0.3, -0.25) is 9.78 Å². The Balaban J connectivity index is 2.26. The number of hydrogen-bond acceptors (Lipinski definition) is 4. The SMILES string of the molecule is CCC(C)(C)NC(=O)c1sc(-c2ccccn2)nc1C. The Morgan fingerprint density at radius 2 is 2.15 bits per heavy atom. The van der Waals surface area contributed by atoms with E-state index in [2.05, 4.69) is 22.2 Å². The van der Waals surface area contributed by atoms with E-state index in [1.807, 2.05) is 39.0 Å². The third kappa shape index (κ3) is 3.22. The molecule has 2 aromatic rings. The van der Waals surface area contributed by atoms with Gasteiger partial charge < -0.3 is 5.32 Å². The minimum absolute atomic E-state index is 0.0611. The lowest BCUT2D eigenvalue weighted by Crippen LogP contribution is -2.42. The van der Waals surface area contributed by atoms with Crippen molar-refractivity contribution in [3.8, 4) is 10.7 Å². The minimum atomic E-state index is -0.210. The van der Waals surface area contributed by atoms with Crippen LogP contribution in [0.1, 0.15) is 42.6 Å². The Morgan fingerprint density at radius 1 is 1.40 bits per heavy atom. The highest BCUT2D eigenvalue weighted by Crippen LogP contribution is 2.26. The van der Waals surface area contributed by atoms with E-state index in [4.69, 9.17) is 0 Å². The average Bonchev–Trinajstić information content (AvgIpc) is 2.81. The molecule has 0 spiro atoms. The summed E-state index contributed by atoms with van der Waals surface area (Å²) in [5, 5.41) is 3.82. The van der Waals surface area contributed by atoms with E-state index < -0.39 is 0 Å². The summed E-state index contributed by atoms with van der Waals surface area (Å²) in [6.07, 6.45) is 2.61. The van der Waals surface area contributed by atoms with Crippen LogP contribution in [0.4, 0.5) is 0 Å². The second kappa shape index (κ2) is 5.71. The number of aromatic nitrogens is 2. The normalized spacial score (nSPS) is 11.4.